The molecule has 0 radical (unpaired) electrons. The Labute approximate surface area is 85.6 Å². The minimum atomic E-state index is 0.0600. The molecule has 4 heteroatoms. The molecule has 0 aromatic rings. The summed E-state index contributed by atoms with van der Waals surface area (Å²) in [5.74, 6) is 0.175. The van der Waals surface area contributed by atoms with Crippen molar-refractivity contribution in [2.75, 3.05) is 33.4 Å². The molecule has 4 nitrogen and oxygen atoms in total. The molecule has 82 valence electrons. The van der Waals surface area contributed by atoms with Gasteiger partial charge in [0.05, 0.1) is 19.3 Å². The maximum absolute atomic E-state index is 11.3. The molecular formula is C10H20N2O2. The molecule has 1 fully saturated rings. The van der Waals surface area contributed by atoms with Crippen molar-refractivity contribution in [1.82, 2.24) is 10.2 Å². The van der Waals surface area contributed by atoms with E-state index in [0.29, 0.717) is 12.6 Å². The van der Waals surface area contributed by atoms with Crippen LogP contribution in [-0.4, -0.2) is 50.2 Å². The average Bonchev–Trinajstić information content (AvgIpc) is 2.16. The van der Waals surface area contributed by atoms with Crippen LogP contribution < -0.4 is 5.32 Å². The van der Waals surface area contributed by atoms with Gasteiger partial charge < -0.3 is 10.1 Å². The van der Waals surface area contributed by atoms with E-state index in [-0.39, 0.29) is 11.8 Å². The summed E-state index contributed by atoms with van der Waals surface area (Å²) in [6.07, 6.45) is 0. The van der Waals surface area contributed by atoms with Gasteiger partial charge in [-0.3, -0.25) is 9.69 Å². The third-order valence-electron chi connectivity index (χ3n) is 2.56. The number of carbonyl (C=O) groups excluding carboxylic acids is 1. The number of amides is 1. The van der Waals surface area contributed by atoms with E-state index in [1.165, 1.54) is 0 Å². The van der Waals surface area contributed by atoms with Crippen molar-refractivity contribution in [1.29, 1.82) is 0 Å². The highest BCUT2D eigenvalue weighted by atomic mass is 16.5. The average molecular weight is 200 g/mol. The van der Waals surface area contributed by atoms with Crippen LogP contribution in [0.15, 0.2) is 0 Å². The van der Waals surface area contributed by atoms with Crippen LogP contribution in [-0.2, 0) is 9.53 Å². The van der Waals surface area contributed by atoms with Gasteiger partial charge in [0.1, 0.15) is 0 Å². The summed E-state index contributed by atoms with van der Waals surface area (Å²) in [5.41, 5.74) is 0. The van der Waals surface area contributed by atoms with Gasteiger partial charge in [0.25, 0.3) is 0 Å². The predicted molar refractivity (Wildman–Crippen MR) is 55.1 cm³/mol. The van der Waals surface area contributed by atoms with E-state index >= 15 is 0 Å². The molecule has 0 unspecified atom stereocenters. The maximum Gasteiger partial charge on any atom is 0.222 e. The number of hydrogen-bond donors (Lipinski definition) is 1. The summed E-state index contributed by atoms with van der Waals surface area (Å²) in [4.78, 5) is 13.5. The van der Waals surface area contributed by atoms with Gasteiger partial charge in [-0.15, -0.1) is 0 Å². The molecule has 1 rings (SSSR count). The van der Waals surface area contributed by atoms with Gasteiger partial charge >= 0.3 is 0 Å². The first-order chi connectivity index (χ1) is 6.61. The number of nitrogens with one attached hydrogen (secondary N) is 1. The lowest BCUT2D eigenvalue weighted by Gasteiger charge is -2.32. The Bertz CT molecular complexity index is 195. The second-order valence-electron chi connectivity index (χ2n) is 4.11. The molecule has 0 aliphatic carbocycles. The Morgan fingerprint density at radius 1 is 1.64 bits per heavy atom. The molecule has 1 N–H and O–H groups in total. The normalized spacial score (nSPS) is 23.9. The van der Waals surface area contributed by atoms with Gasteiger partial charge in [-0.05, 0) is 7.05 Å². The summed E-state index contributed by atoms with van der Waals surface area (Å²) in [6, 6.07) is 0.325. The van der Waals surface area contributed by atoms with Crippen molar-refractivity contribution >= 4 is 5.91 Å². The summed E-state index contributed by atoms with van der Waals surface area (Å²) in [7, 11) is 2.06. The maximum atomic E-state index is 11.3. The summed E-state index contributed by atoms with van der Waals surface area (Å²) in [6.45, 7) is 6.95. The quantitative estimate of drug-likeness (QED) is 0.702. The van der Waals surface area contributed by atoms with Crippen LogP contribution in [0.5, 0.6) is 0 Å². The number of nitrogens with zero attached hydrogens (tertiary/aromatic N) is 1. The standard InChI is InChI=1S/C10H20N2O2/c1-8(2)10(13)11-6-9-7-14-5-4-12(9)3/h8-9H,4-7H2,1-3H3,(H,11,13)/t9-/m0/s1. The van der Waals surface area contributed by atoms with Crippen LogP contribution >= 0.6 is 0 Å². The zero-order valence-electron chi connectivity index (χ0n) is 9.25. The molecule has 1 amide bonds. The van der Waals surface area contributed by atoms with E-state index in [9.17, 15) is 4.79 Å². The molecule has 1 atom stereocenters. The molecule has 1 heterocycles. The van der Waals surface area contributed by atoms with E-state index in [2.05, 4.69) is 17.3 Å². The third-order valence-corrected chi connectivity index (χ3v) is 2.56. The highest BCUT2D eigenvalue weighted by molar-refractivity contribution is 5.77. The largest absolute Gasteiger partial charge is 0.378 e. The number of carbonyl (C=O) groups is 1. The van der Waals surface area contributed by atoms with Crippen molar-refractivity contribution in [2.24, 2.45) is 5.92 Å². The highest BCUT2D eigenvalue weighted by Gasteiger charge is 2.20. The number of rotatable bonds is 3. The SMILES string of the molecule is CC(C)C(=O)NC[C@H]1COCCN1C. The summed E-state index contributed by atoms with van der Waals surface area (Å²) >= 11 is 0. The first kappa shape index (κ1) is 11.5. The fraction of sp³-hybridized carbons (Fsp3) is 0.900. The van der Waals surface area contributed by atoms with Gasteiger partial charge in [0.2, 0.25) is 5.91 Å². The highest BCUT2D eigenvalue weighted by Crippen LogP contribution is 2.02. The zero-order chi connectivity index (χ0) is 10.6. The van der Waals surface area contributed by atoms with Crippen LogP contribution in [0.4, 0.5) is 0 Å². The lowest BCUT2D eigenvalue weighted by atomic mass is 10.2. The fourth-order valence-electron chi connectivity index (χ4n) is 1.38. The van der Waals surface area contributed by atoms with Crippen LogP contribution in [0, 0.1) is 5.92 Å². The molecule has 0 bridgehead atoms. The Hall–Kier alpha value is -0.610. The van der Waals surface area contributed by atoms with E-state index in [1.807, 2.05) is 13.8 Å². The summed E-state index contributed by atoms with van der Waals surface area (Å²) in [5, 5.41) is 2.92. The molecule has 1 saturated heterocycles. The number of morpholine rings is 1. The minimum absolute atomic E-state index is 0.0600. The van der Waals surface area contributed by atoms with E-state index in [4.69, 9.17) is 4.74 Å². The molecule has 14 heavy (non-hydrogen) atoms. The predicted octanol–water partition coefficient (Wildman–Crippen LogP) is 0.0892. The van der Waals surface area contributed by atoms with Gasteiger partial charge in [0, 0.05) is 19.0 Å². The second-order valence-corrected chi connectivity index (χ2v) is 4.11. The second kappa shape index (κ2) is 5.32. The fourth-order valence-corrected chi connectivity index (χ4v) is 1.38. The van der Waals surface area contributed by atoms with Crippen molar-refractivity contribution in [3.8, 4) is 0 Å². The lowest BCUT2D eigenvalue weighted by Crippen LogP contribution is -2.49. The molecule has 1 aliphatic heterocycles. The van der Waals surface area contributed by atoms with Crippen LogP contribution in [0.2, 0.25) is 0 Å². The summed E-state index contributed by atoms with van der Waals surface area (Å²) < 4.78 is 5.35. The van der Waals surface area contributed by atoms with E-state index in [1.54, 1.807) is 0 Å². The molecule has 0 aromatic heterocycles. The van der Waals surface area contributed by atoms with Crippen LogP contribution in [0.1, 0.15) is 13.8 Å². The van der Waals surface area contributed by atoms with Gasteiger partial charge in [0.15, 0.2) is 0 Å². The van der Waals surface area contributed by atoms with Crippen molar-refractivity contribution in [2.45, 2.75) is 19.9 Å². The molecule has 0 spiro atoms. The molecular weight excluding hydrogens is 180 g/mol. The molecule has 0 saturated carbocycles. The number of likely N-dealkylation sites (N-methyl/N-ethyl adjacent to an activating group) is 1. The first-order valence-electron chi connectivity index (χ1n) is 5.17. The topological polar surface area (TPSA) is 41.6 Å². The van der Waals surface area contributed by atoms with Crippen LogP contribution in [0.3, 0.4) is 0 Å². The Morgan fingerprint density at radius 3 is 2.93 bits per heavy atom. The van der Waals surface area contributed by atoms with Crippen LogP contribution in [0.25, 0.3) is 0 Å². The van der Waals surface area contributed by atoms with Gasteiger partial charge in [-0.25, -0.2) is 0 Å². The molecule has 1 aliphatic rings. The lowest BCUT2D eigenvalue weighted by molar-refractivity contribution is -0.124. The van der Waals surface area contributed by atoms with E-state index < -0.39 is 0 Å². The third kappa shape index (κ3) is 3.27. The van der Waals surface area contributed by atoms with Gasteiger partial charge in [-0.2, -0.15) is 0 Å². The Morgan fingerprint density at radius 2 is 2.36 bits per heavy atom. The van der Waals surface area contributed by atoms with Gasteiger partial charge in [-0.1, -0.05) is 13.8 Å². The van der Waals surface area contributed by atoms with E-state index in [0.717, 1.165) is 19.8 Å². The Kier molecular flexibility index (Phi) is 4.35. The smallest absolute Gasteiger partial charge is 0.222 e. The number of ether oxygens (including phenoxy) is 1. The minimum Gasteiger partial charge on any atom is -0.378 e. The monoisotopic (exact) mass is 200 g/mol. The van der Waals surface area contributed by atoms with Crippen molar-refractivity contribution in [3.05, 3.63) is 0 Å². The molecule has 0 aromatic carbocycles. The Balaban J connectivity index is 2.26. The zero-order valence-corrected chi connectivity index (χ0v) is 9.25. The van der Waals surface area contributed by atoms with Crippen molar-refractivity contribution in [3.63, 3.8) is 0 Å². The number of hydrogen-bond acceptors (Lipinski definition) is 3. The van der Waals surface area contributed by atoms with Crippen molar-refractivity contribution < 1.29 is 9.53 Å². The first-order valence-corrected chi connectivity index (χ1v) is 5.17.